The molecule has 0 saturated carbocycles. The third-order valence-electron chi connectivity index (χ3n) is 4.19. The topological polar surface area (TPSA) is 86.7 Å². The molecule has 7 heteroatoms. The van der Waals surface area contributed by atoms with Crippen molar-refractivity contribution in [3.63, 3.8) is 0 Å². The molecule has 1 aliphatic heterocycles. The minimum Gasteiger partial charge on any atom is -0.481 e. The summed E-state index contributed by atoms with van der Waals surface area (Å²) in [6.07, 6.45) is 0.537. The quantitative estimate of drug-likeness (QED) is 0.860. The highest BCUT2D eigenvalue weighted by Gasteiger charge is 2.24. The maximum Gasteiger partial charge on any atom is 0.305 e. The van der Waals surface area contributed by atoms with E-state index in [-0.39, 0.29) is 18.2 Å². The van der Waals surface area contributed by atoms with E-state index in [0.29, 0.717) is 18.5 Å². The van der Waals surface area contributed by atoms with Crippen LogP contribution in [0.5, 0.6) is 0 Å². The first kappa shape index (κ1) is 17.2. The van der Waals surface area contributed by atoms with Crippen LogP contribution in [0.4, 0.5) is 5.69 Å². The van der Waals surface area contributed by atoms with Gasteiger partial charge in [-0.1, -0.05) is 6.07 Å². The molecule has 25 heavy (non-hydrogen) atoms. The molecule has 0 radical (unpaired) electrons. The van der Waals surface area contributed by atoms with Gasteiger partial charge in [0.2, 0.25) is 5.91 Å². The number of amides is 2. The van der Waals surface area contributed by atoms with Gasteiger partial charge in [-0.15, -0.1) is 11.3 Å². The zero-order chi connectivity index (χ0) is 18.0. The van der Waals surface area contributed by atoms with Crippen LogP contribution in [0.25, 0.3) is 0 Å². The highest BCUT2D eigenvalue weighted by Crippen LogP contribution is 2.29. The van der Waals surface area contributed by atoms with Crippen molar-refractivity contribution in [3.8, 4) is 0 Å². The summed E-state index contributed by atoms with van der Waals surface area (Å²) < 4.78 is 0. The van der Waals surface area contributed by atoms with Crippen LogP contribution in [0.3, 0.4) is 0 Å². The number of hydrogen-bond donors (Lipinski definition) is 2. The first-order valence-corrected chi connectivity index (χ1v) is 8.80. The fourth-order valence-corrected chi connectivity index (χ4v) is 3.78. The number of carboxylic acids is 1. The summed E-state index contributed by atoms with van der Waals surface area (Å²) in [5.41, 5.74) is 2.26. The van der Waals surface area contributed by atoms with Gasteiger partial charge in [0, 0.05) is 29.6 Å². The Morgan fingerprint density at radius 2 is 2.12 bits per heavy atom. The Kier molecular flexibility index (Phi) is 4.85. The zero-order valence-electron chi connectivity index (χ0n) is 13.7. The molecule has 3 rings (SSSR count). The molecular formula is C18H18N2O4S. The van der Waals surface area contributed by atoms with Gasteiger partial charge in [0.15, 0.2) is 0 Å². The Bertz CT molecular complexity index is 816. The molecular weight excluding hydrogens is 340 g/mol. The van der Waals surface area contributed by atoms with Crippen LogP contribution < -0.4 is 10.2 Å². The molecule has 1 atom stereocenters. The maximum atomic E-state index is 12.6. The Morgan fingerprint density at radius 1 is 1.32 bits per heavy atom. The van der Waals surface area contributed by atoms with Gasteiger partial charge in [0.1, 0.15) is 0 Å². The minimum atomic E-state index is -0.968. The summed E-state index contributed by atoms with van der Waals surface area (Å²) in [7, 11) is 0. The van der Waals surface area contributed by atoms with Gasteiger partial charge < -0.3 is 15.3 Å². The normalized spacial score (nSPS) is 14.0. The minimum absolute atomic E-state index is 0.0184. The average Bonchev–Trinajstić information content (AvgIpc) is 3.22. The SMILES string of the molecule is CC(=O)N1CCc2cc(C(=O)N[C@@H](CC(=O)O)c3cccs3)ccc21. The van der Waals surface area contributed by atoms with E-state index >= 15 is 0 Å². The van der Waals surface area contributed by atoms with Crippen LogP contribution in [-0.2, 0) is 16.0 Å². The molecule has 2 N–H and O–H groups in total. The van der Waals surface area contributed by atoms with Gasteiger partial charge in [-0.2, -0.15) is 0 Å². The molecule has 0 spiro atoms. The third kappa shape index (κ3) is 3.71. The number of nitrogens with one attached hydrogen (secondary N) is 1. The number of fused-ring (bicyclic) bond motifs is 1. The lowest BCUT2D eigenvalue weighted by Gasteiger charge is -2.17. The molecule has 6 nitrogen and oxygen atoms in total. The van der Waals surface area contributed by atoms with Crippen molar-refractivity contribution in [2.45, 2.75) is 25.8 Å². The Hall–Kier alpha value is -2.67. The molecule has 0 fully saturated rings. The molecule has 2 amide bonds. The molecule has 1 aromatic carbocycles. The number of nitrogens with zero attached hydrogens (tertiary/aromatic N) is 1. The standard InChI is InChI=1S/C18H18N2O4S/c1-11(21)20-7-6-12-9-13(4-5-15(12)20)18(24)19-14(10-17(22)23)16-3-2-8-25-16/h2-5,8-9,14H,6-7,10H2,1H3,(H,19,24)(H,22,23)/t14-/m0/s1. The van der Waals surface area contributed by atoms with E-state index in [4.69, 9.17) is 5.11 Å². The second kappa shape index (κ2) is 7.06. The smallest absolute Gasteiger partial charge is 0.305 e. The first-order chi connectivity index (χ1) is 12.0. The summed E-state index contributed by atoms with van der Waals surface area (Å²) in [4.78, 5) is 37.8. The summed E-state index contributed by atoms with van der Waals surface area (Å²) in [6.45, 7) is 2.14. The van der Waals surface area contributed by atoms with E-state index in [2.05, 4.69) is 5.32 Å². The second-order valence-electron chi connectivity index (χ2n) is 5.90. The number of carboxylic acid groups (broad SMARTS) is 1. The predicted octanol–water partition coefficient (Wildman–Crippen LogP) is 2.60. The van der Waals surface area contributed by atoms with E-state index in [1.54, 1.807) is 23.1 Å². The molecule has 0 unspecified atom stereocenters. The van der Waals surface area contributed by atoms with Crippen LogP contribution in [-0.4, -0.2) is 29.4 Å². The molecule has 1 aromatic heterocycles. The van der Waals surface area contributed by atoms with Crippen molar-refractivity contribution in [1.82, 2.24) is 5.32 Å². The fourth-order valence-electron chi connectivity index (χ4n) is 3.00. The summed E-state index contributed by atoms with van der Waals surface area (Å²) >= 11 is 1.41. The lowest BCUT2D eigenvalue weighted by Crippen LogP contribution is -2.29. The number of aliphatic carboxylic acids is 1. The number of carbonyl (C=O) groups excluding carboxylic acids is 2. The van der Waals surface area contributed by atoms with Crippen molar-refractivity contribution in [1.29, 1.82) is 0 Å². The second-order valence-corrected chi connectivity index (χ2v) is 6.88. The largest absolute Gasteiger partial charge is 0.481 e. The maximum absolute atomic E-state index is 12.6. The highest BCUT2D eigenvalue weighted by molar-refractivity contribution is 7.10. The predicted molar refractivity (Wildman–Crippen MR) is 95.0 cm³/mol. The van der Waals surface area contributed by atoms with Gasteiger partial charge in [-0.05, 0) is 41.6 Å². The van der Waals surface area contributed by atoms with Crippen molar-refractivity contribution in [2.75, 3.05) is 11.4 Å². The van der Waals surface area contributed by atoms with Crippen molar-refractivity contribution < 1.29 is 19.5 Å². The van der Waals surface area contributed by atoms with Gasteiger partial charge in [-0.3, -0.25) is 14.4 Å². The monoisotopic (exact) mass is 358 g/mol. The number of benzene rings is 1. The van der Waals surface area contributed by atoms with Crippen LogP contribution >= 0.6 is 11.3 Å². The Labute approximate surface area is 149 Å². The Morgan fingerprint density at radius 3 is 2.76 bits per heavy atom. The number of thiophene rings is 1. The van der Waals surface area contributed by atoms with E-state index in [9.17, 15) is 14.4 Å². The van der Waals surface area contributed by atoms with E-state index in [1.165, 1.54) is 18.3 Å². The molecule has 130 valence electrons. The van der Waals surface area contributed by atoms with E-state index < -0.39 is 12.0 Å². The molecule has 0 saturated heterocycles. The number of rotatable bonds is 5. The summed E-state index contributed by atoms with van der Waals surface area (Å²) in [5.74, 6) is -1.30. The average molecular weight is 358 g/mol. The van der Waals surface area contributed by atoms with Crippen LogP contribution in [0.1, 0.15) is 40.2 Å². The molecule has 2 heterocycles. The van der Waals surface area contributed by atoms with Gasteiger partial charge in [0.25, 0.3) is 5.91 Å². The third-order valence-corrected chi connectivity index (χ3v) is 5.17. The van der Waals surface area contributed by atoms with Crippen molar-refractivity contribution in [3.05, 3.63) is 51.7 Å². The van der Waals surface area contributed by atoms with Gasteiger partial charge >= 0.3 is 5.97 Å². The highest BCUT2D eigenvalue weighted by atomic mass is 32.1. The Balaban J connectivity index is 1.79. The van der Waals surface area contributed by atoms with Crippen LogP contribution in [0.15, 0.2) is 35.7 Å². The number of carbonyl (C=O) groups is 3. The van der Waals surface area contributed by atoms with Crippen molar-refractivity contribution >= 4 is 34.8 Å². The lowest BCUT2D eigenvalue weighted by molar-refractivity contribution is -0.137. The molecule has 1 aliphatic rings. The molecule has 2 aromatic rings. The van der Waals surface area contributed by atoms with Crippen LogP contribution in [0, 0.1) is 0 Å². The first-order valence-electron chi connectivity index (χ1n) is 7.93. The van der Waals surface area contributed by atoms with Crippen LogP contribution in [0.2, 0.25) is 0 Å². The number of hydrogen-bond acceptors (Lipinski definition) is 4. The zero-order valence-corrected chi connectivity index (χ0v) is 14.5. The molecule has 0 bridgehead atoms. The van der Waals surface area contributed by atoms with E-state index in [1.807, 2.05) is 17.5 Å². The van der Waals surface area contributed by atoms with Crippen molar-refractivity contribution in [2.24, 2.45) is 0 Å². The lowest BCUT2D eigenvalue weighted by atomic mass is 10.1. The fraction of sp³-hybridized carbons (Fsp3) is 0.278. The van der Waals surface area contributed by atoms with Gasteiger partial charge in [0.05, 0.1) is 12.5 Å². The summed E-state index contributed by atoms with van der Waals surface area (Å²) in [6, 6.07) is 8.29. The van der Waals surface area contributed by atoms with Gasteiger partial charge in [-0.25, -0.2) is 0 Å². The molecule has 0 aliphatic carbocycles. The van der Waals surface area contributed by atoms with E-state index in [0.717, 1.165) is 16.1 Å². The summed E-state index contributed by atoms with van der Waals surface area (Å²) in [5, 5.41) is 13.7. The number of anilines is 1.